The minimum Gasteiger partial charge on any atom is -0.324 e. The highest BCUT2D eigenvalue weighted by atomic mass is 19.1. The van der Waals surface area contributed by atoms with Crippen LogP contribution in [0.25, 0.3) is 22.2 Å². The summed E-state index contributed by atoms with van der Waals surface area (Å²) in [6.45, 7) is 5.63. The Labute approximate surface area is 168 Å². The molecule has 0 aliphatic rings. The molecule has 2 aromatic heterocycles. The zero-order valence-corrected chi connectivity index (χ0v) is 16.5. The number of aromatic nitrogens is 3. The van der Waals surface area contributed by atoms with Crippen LogP contribution in [0, 0.1) is 26.6 Å². The number of hydrogen-bond donors (Lipinski definition) is 1. The second kappa shape index (κ2) is 7.47. The van der Waals surface area contributed by atoms with Gasteiger partial charge in [-0.1, -0.05) is 35.9 Å². The van der Waals surface area contributed by atoms with E-state index >= 15 is 0 Å². The van der Waals surface area contributed by atoms with E-state index in [1.54, 1.807) is 29.9 Å². The molecule has 1 N–H and O–H groups in total. The number of halogens is 1. The molecule has 0 spiro atoms. The zero-order chi connectivity index (χ0) is 20.5. The van der Waals surface area contributed by atoms with E-state index in [1.807, 2.05) is 19.9 Å². The molecule has 0 saturated carbocycles. The van der Waals surface area contributed by atoms with Crippen molar-refractivity contribution in [1.29, 1.82) is 0 Å². The average Bonchev–Trinajstić information content (AvgIpc) is 3.01. The molecule has 0 unspecified atom stereocenters. The molecule has 146 valence electrons. The third kappa shape index (κ3) is 3.74. The van der Waals surface area contributed by atoms with Gasteiger partial charge in [0, 0.05) is 17.3 Å². The summed E-state index contributed by atoms with van der Waals surface area (Å²) in [7, 11) is 0. The van der Waals surface area contributed by atoms with Gasteiger partial charge in [0.25, 0.3) is 0 Å². The highest BCUT2D eigenvalue weighted by Crippen LogP contribution is 2.30. The van der Waals surface area contributed by atoms with Gasteiger partial charge >= 0.3 is 0 Å². The number of carbonyl (C=O) groups is 1. The third-order valence-electron chi connectivity index (χ3n) is 4.92. The van der Waals surface area contributed by atoms with E-state index in [-0.39, 0.29) is 18.3 Å². The maximum Gasteiger partial charge on any atom is 0.246 e. The Bertz CT molecular complexity index is 1210. The summed E-state index contributed by atoms with van der Waals surface area (Å²) in [5, 5.41) is 8.17. The molecule has 4 rings (SSSR count). The van der Waals surface area contributed by atoms with Gasteiger partial charge in [-0.3, -0.25) is 4.79 Å². The molecule has 2 aromatic carbocycles. The van der Waals surface area contributed by atoms with Crippen LogP contribution < -0.4 is 5.32 Å². The molecule has 1 amide bonds. The lowest BCUT2D eigenvalue weighted by atomic mass is 10.0. The average molecular weight is 388 g/mol. The molecule has 0 fully saturated rings. The number of benzene rings is 2. The summed E-state index contributed by atoms with van der Waals surface area (Å²) in [5.74, 6) is -0.646. The predicted octanol–water partition coefficient (Wildman–Crippen LogP) is 4.80. The second-order valence-corrected chi connectivity index (χ2v) is 7.18. The number of hydrogen-bond acceptors (Lipinski definition) is 3. The first-order chi connectivity index (χ1) is 13.9. The molecule has 0 aliphatic carbocycles. The molecule has 0 radical (unpaired) electrons. The number of carbonyl (C=O) groups excluding carboxylic acids is 1. The van der Waals surface area contributed by atoms with Gasteiger partial charge in [-0.15, -0.1) is 0 Å². The molecule has 5 nitrogen and oxygen atoms in total. The van der Waals surface area contributed by atoms with Crippen molar-refractivity contribution in [1.82, 2.24) is 14.8 Å². The summed E-state index contributed by atoms with van der Waals surface area (Å²) in [5.41, 5.74) is 5.69. The number of anilines is 1. The first-order valence-electron chi connectivity index (χ1n) is 9.37. The lowest BCUT2D eigenvalue weighted by molar-refractivity contribution is -0.116. The van der Waals surface area contributed by atoms with Crippen LogP contribution in [0.4, 0.5) is 10.1 Å². The van der Waals surface area contributed by atoms with Crippen LogP contribution in [-0.2, 0) is 11.3 Å². The van der Waals surface area contributed by atoms with Gasteiger partial charge in [-0.05, 0) is 55.7 Å². The number of rotatable bonds is 4. The van der Waals surface area contributed by atoms with Crippen molar-refractivity contribution >= 4 is 22.6 Å². The minimum absolute atomic E-state index is 0.00974. The molecular formula is C23H21FN4O. The Morgan fingerprint density at radius 3 is 2.55 bits per heavy atom. The summed E-state index contributed by atoms with van der Waals surface area (Å²) in [6, 6.07) is 14.9. The van der Waals surface area contributed by atoms with Gasteiger partial charge in [-0.2, -0.15) is 5.10 Å². The lowest BCUT2D eigenvalue weighted by Crippen LogP contribution is -2.20. The van der Waals surface area contributed by atoms with Gasteiger partial charge in [0.2, 0.25) is 5.91 Å². The zero-order valence-electron chi connectivity index (χ0n) is 16.5. The largest absolute Gasteiger partial charge is 0.324 e. The molecule has 0 atom stereocenters. The fourth-order valence-electron chi connectivity index (χ4n) is 3.37. The van der Waals surface area contributed by atoms with Crippen LogP contribution in [0.5, 0.6) is 0 Å². The molecule has 29 heavy (non-hydrogen) atoms. The van der Waals surface area contributed by atoms with Crippen molar-refractivity contribution in [2.45, 2.75) is 27.3 Å². The Morgan fingerprint density at radius 2 is 1.83 bits per heavy atom. The fraction of sp³-hybridized carbons (Fsp3) is 0.174. The van der Waals surface area contributed by atoms with E-state index in [0.717, 1.165) is 22.2 Å². The van der Waals surface area contributed by atoms with Crippen molar-refractivity contribution < 1.29 is 9.18 Å². The number of aryl methyl sites for hydroxylation is 3. The van der Waals surface area contributed by atoms with Gasteiger partial charge < -0.3 is 5.32 Å². The molecule has 2 heterocycles. The number of pyridine rings is 1. The maximum absolute atomic E-state index is 13.7. The van der Waals surface area contributed by atoms with Gasteiger partial charge in [0.05, 0.1) is 5.69 Å². The Balaban J connectivity index is 1.64. The lowest BCUT2D eigenvalue weighted by Gasteiger charge is -2.08. The predicted molar refractivity (Wildman–Crippen MR) is 112 cm³/mol. The van der Waals surface area contributed by atoms with Gasteiger partial charge in [-0.25, -0.2) is 14.1 Å². The van der Waals surface area contributed by atoms with Crippen LogP contribution in [0.2, 0.25) is 0 Å². The first-order valence-corrected chi connectivity index (χ1v) is 9.37. The van der Waals surface area contributed by atoms with Crippen molar-refractivity contribution in [2.24, 2.45) is 0 Å². The quantitative estimate of drug-likeness (QED) is 0.546. The number of fused-ring (bicyclic) bond motifs is 1. The van der Waals surface area contributed by atoms with Crippen LogP contribution >= 0.6 is 0 Å². The van der Waals surface area contributed by atoms with Gasteiger partial charge in [0.1, 0.15) is 12.4 Å². The molecule has 0 saturated heterocycles. The molecule has 4 aromatic rings. The summed E-state index contributed by atoms with van der Waals surface area (Å²) >= 11 is 0. The van der Waals surface area contributed by atoms with Crippen LogP contribution in [0.15, 0.2) is 54.7 Å². The normalized spacial score (nSPS) is 11.0. The smallest absolute Gasteiger partial charge is 0.246 e. The Kier molecular flexibility index (Phi) is 4.84. The van der Waals surface area contributed by atoms with Gasteiger partial charge in [0.15, 0.2) is 5.65 Å². The van der Waals surface area contributed by atoms with E-state index in [1.165, 1.54) is 11.6 Å². The minimum atomic E-state index is -0.354. The van der Waals surface area contributed by atoms with Crippen molar-refractivity contribution in [3.63, 3.8) is 0 Å². The Morgan fingerprint density at radius 1 is 1.07 bits per heavy atom. The van der Waals surface area contributed by atoms with Crippen molar-refractivity contribution in [3.05, 3.63) is 77.4 Å². The SMILES string of the molecule is Cc1ccc(-c2ccnc3c2c(C)nn3CC(=O)Nc2ccc(C)c(F)c2)cc1. The van der Waals surface area contributed by atoms with E-state index in [4.69, 9.17) is 0 Å². The van der Waals surface area contributed by atoms with Crippen LogP contribution in [0.3, 0.4) is 0 Å². The Hall–Kier alpha value is -3.54. The number of nitrogens with zero attached hydrogens (tertiary/aromatic N) is 3. The fourth-order valence-corrected chi connectivity index (χ4v) is 3.37. The first kappa shape index (κ1) is 18.8. The van der Waals surface area contributed by atoms with E-state index in [0.29, 0.717) is 16.9 Å². The number of nitrogens with one attached hydrogen (secondary N) is 1. The molecule has 6 heteroatoms. The van der Waals surface area contributed by atoms with E-state index in [9.17, 15) is 9.18 Å². The molecule has 0 aliphatic heterocycles. The van der Waals surface area contributed by atoms with E-state index < -0.39 is 0 Å². The topological polar surface area (TPSA) is 59.8 Å². The van der Waals surface area contributed by atoms with Crippen LogP contribution in [-0.4, -0.2) is 20.7 Å². The molecular weight excluding hydrogens is 367 g/mol. The highest BCUT2D eigenvalue weighted by Gasteiger charge is 2.16. The third-order valence-corrected chi connectivity index (χ3v) is 4.92. The second-order valence-electron chi connectivity index (χ2n) is 7.18. The summed E-state index contributed by atoms with van der Waals surface area (Å²) in [4.78, 5) is 17.0. The number of amides is 1. The maximum atomic E-state index is 13.7. The van der Waals surface area contributed by atoms with Crippen molar-refractivity contribution in [2.75, 3.05) is 5.32 Å². The molecule has 0 bridgehead atoms. The van der Waals surface area contributed by atoms with Crippen molar-refractivity contribution in [3.8, 4) is 11.1 Å². The van der Waals surface area contributed by atoms with Crippen LogP contribution in [0.1, 0.15) is 16.8 Å². The monoisotopic (exact) mass is 388 g/mol. The summed E-state index contributed by atoms with van der Waals surface area (Å²) < 4.78 is 15.3. The van der Waals surface area contributed by atoms with E-state index in [2.05, 4.69) is 39.7 Å². The summed E-state index contributed by atoms with van der Waals surface area (Å²) in [6.07, 6.45) is 1.72. The standard InChI is InChI=1S/C23H21FN4O/c1-14-4-7-17(8-5-14)19-10-11-25-23-22(19)16(3)27-28(23)13-21(29)26-18-9-6-15(2)20(24)12-18/h4-12H,13H2,1-3H3,(H,26,29). The highest BCUT2D eigenvalue weighted by molar-refractivity contribution is 5.96.